The second-order valence-corrected chi connectivity index (χ2v) is 5.42. The molecule has 0 aliphatic rings. The van der Waals surface area contributed by atoms with Gasteiger partial charge in [0, 0.05) is 5.69 Å². The van der Waals surface area contributed by atoms with Gasteiger partial charge in [-0.3, -0.25) is 0 Å². The van der Waals surface area contributed by atoms with Crippen LogP contribution in [0, 0.1) is 12.4 Å². The summed E-state index contributed by atoms with van der Waals surface area (Å²) in [5.41, 5.74) is 7.31. The third-order valence-electron chi connectivity index (χ3n) is 2.98. The van der Waals surface area contributed by atoms with E-state index in [4.69, 9.17) is 12.3 Å². The monoisotopic (exact) mass is 242 g/mol. The fraction of sp³-hybridized carbons (Fsp3) is 0.267. The van der Waals surface area contributed by atoms with E-state index in [2.05, 4.69) is 4.85 Å². The van der Waals surface area contributed by atoms with Crippen LogP contribution < -0.4 is 5.73 Å². The first kappa shape index (κ1) is 12.4. The van der Waals surface area contributed by atoms with E-state index < -0.39 is 5.82 Å². The zero-order chi connectivity index (χ0) is 13.5. The van der Waals surface area contributed by atoms with Crippen LogP contribution >= 0.6 is 0 Å². The highest BCUT2D eigenvalue weighted by Gasteiger charge is 2.21. The standard InChI is InChI=1S/C15H15FN2/c1-15(2,3)11-8-10(17)7-9-5-6-12(16)14(18-4)13(9)11/h5-8H,17H2,1-3H3. The summed E-state index contributed by atoms with van der Waals surface area (Å²) in [7, 11) is 0. The summed E-state index contributed by atoms with van der Waals surface area (Å²) in [5, 5.41) is 1.49. The molecule has 3 heteroatoms. The Morgan fingerprint density at radius 3 is 2.44 bits per heavy atom. The molecule has 0 aliphatic carbocycles. The lowest BCUT2D eigenvalue weighted by Crippen LogP contribution is -2.12. The molecular weight excluding hydrogens is 227 g/mol. The van der Waals surface area contributed by atoms with Crippen molar-refractivity contribution in [3.05, 3.63) is 47.1 Å². The molecule has 0 aromatic heterocycles. The molecule has 0 bridgehead atoms. The van der Waals surface area contributed by atoms with E-state index >= 15 is 0 Å². The van der Waals surface area contributed by atoms with Crippen LogP contribution in [0.4, 0.5) is 15.8 Å². The van der Waals surface area contributed by atoms with Crippen LogP contribution in [0.25, 0.3) is 15.6 Å². The molecule has 18 heavy (non-hydrogen) atoms. The Morgan fingerprint density at radius 2 is 1.89 bits per heavy atom. The Bertz CT molecular complexity index is 661. The van der Waals surface area contributed by atoms with Crippen molar-refractivity contribution in [3.63, 3.8) is 0 Å². The quantitative estimate of drug-likeness (QED) is 0.538. The molecule has 0 radical (unpaired) electrons. The average molecular weight is 242 g/mol. The van der Waals surface area contributed by atoms with E-state index in [0.717, 1.165) is 10.9 Å². The molecule has 2 N–H and O–H groups in total. The normalized spacial score (nSPS) is 11.5. The van der Waals surface area contributed by atoms with Gasteiger partial charge >= 0.3 is 0 Å². The summed E-state index contributed by atoms with van der Waals surface area (Å²) in [6, 6.07) is 6.60. The number of anilines is 1. The van der Waals surface area contributed by atoms with Crippen molar-refractivity contribution in [1.82, 2.24) is 0 Å². The summed E-state index contributed by atoms with van der Waals surface area (Å²) in [6.07, 6.45) is 0. The minimum Gasteiger partial charge on any atom is -0.399 e. The van der Waals surface area contributed by atoms with Crippen molar-refractivity contribution in [2.75, 3.05) is 5.73 Å². The highest BCUT2D eigenvalue weighted by Crippen LogP contribution is 2.39. The Hall–Kier alpha value is -2.08. The van der Waals surface area contributed by atoms with E-state index in [-0.39, 0.29) is 11.1 Å². The summed E-state index contributed by atoms with van der Waals surface area (Å²) in [4.78, 5) is 3.34. The van der Waals surface area contributed by atoms with Gasteiger partial charge in [-0.05, 0) is 39.9 Å². The minimum absolute atomic E-state index is 0.0809. The molecule has 2 aromatic rings. The first-order valence-corrected chi connectivity index (χ1v) is 5.74. The smallest absolute Gasteiger partial charge is 0.229 e. The largest absolute Gasteiger partial charge is 0.399 e. The molecule has 0 spiro atoms. The summed E-state index contributed by atoms with van der Waals surface area (Å²) >= 11 is 0. The molecule has 2 nitrogen and oxygen atoms in total. The molecule has 92 valence electrons. The number of nitrogens with zero attached hydrogens (tertiary/aromatic N) is 1. The van der Waals surface area contributed by atoms with E-state index in [9.17, 15) is 4.39 Å². The number of nitrogens with two attached hydrogens (primary N) is 1. The van der Waals surface area contributed by atoms with Gasteiger partial charge in [-0.25, -0.2) is 9.24 Å². The highest BCUT2D eigenvalue weighted by atomic mass is 19.1. The number of nitrogen functional groups attached to an aromatic ring is 1. The third kappa shape index (κ3) is 1.91. The van der Waals surface area contributed by atoms with Gasteiger partial charge in [-0.2, -0.15) is 0 Å². The number of hydrogen-bond donors (Lipinski definition) is 1. The number of rotatable bonds is 0. The van der Waals surface area contributed by atoms with Gasteiger partial charge in [0.05, 0.1) is 6.57 Å². The summed E-state index contributed by atoms with van der Waals surface area (Å²) < 4.78 is 13.7. The number of fused-ring (bicyclic) bond motifs is 1. The molecule has 0 saturated heterocycles. The topological polar surface area (TPSA) is 30.4 Å². The van der Waals surface area contributed by atoms with Crippen molar-refractivity contribution in [2.45, 2.75) is 26.2 Å². The van der Waals surface area contributed by atoms with Gasteiger partial charge in [-0.15, -0.1) is 0 Å². The fourth-order valence-corrected chi connectivity index (χ4v) is 2.15. The Labute approximate surface area is 106 Å². The molecule has 0 heterocycles. The molecular formula is C15H15FN2. The van der Waals surface area contributed by atoms with Crippen molar-refractivity contribution in [2.24, 2.45) is 0 Å². The summed E-state index contributed by atoms with van der Waals surface area (Å²) in [5.74, 6) is -0.479. The third-order valence-corrected chi connectivity index (χ3v) is 2.98. The van der Waals surface area contributed by atoms with Crippen molar-refractivity contribution in [1.29, 1.82) is 0 Å². The first-order valence-electron chi connectivity index (χ1n) is 5.74. The van der Waals surface area contributed by atoms with Gasteiger partial charge in [0.15, 0.2) is 0 Å². The van der Waals surface area contributed by atoms with Crippen LogP contribution in [0.1, 0.15) is 26.3 Å². The van der Waals surface area contributed by atoms with Crippen LogP contribution in [0.15, 0.2) is 24.3 Å². The number of hydrogen-bond acceptors (Lipinski definition) is 1. The summed E-state index contributed by atoms with van der Waals surface area (Å²) in [6.45, 7) is 13.3. The Morgan fingerprint density at radius 1 is 1.22 bits per heavy atom. The predicted molar refractivity (Wildman–Crippen MR) is 73.3 cm³/mol. The first-order chi connectivity index (χ1) is 8.34. The Balaban J connectivity index is 3.02. The molecule has 2 aromatic carbocycles. The molecule has 0 saturated carbocycles. The van der Waals surface area contributed by atoms with Crippen LogP contribution in [0.3, 0.4) is 0 Å². The van der Waals surface area contributed by atoms with E-state index in [1.54, 1.807) is 12.1 Å². The molecule has 0 amide bonds. The maximum atomic E-state index is 13.7. The fourth-order valence-electron chi connectivity index (χ4n) is 2.15. The molecule has 2 rings (SSSR count). The van der Waals surface area contributed by atoms with Crippen molar-refractivity contribution in [3.8, 4) is 0 Å². The maximum absolute atomic E-state index is 13.7. The van der Waals surface area contributed by atoms with Gasteiger partial charge in [0.2, 0.25) is 5.69 Å². The SMILES string of the molecule is [C-]#[N+]c1c(F)ccc2cc(N)cc(C(C)(C)C)c12. The second kappa shape index (κ2) is 3.99. The van der Waals surface area contributed by atoms with Gasteiger partial charge < -0.3 is 5.73 Å². The number of halogens is 1. The van der Waals surface area contributed by atoms with E-state index in [1.807, 2.05) is 26.8 Å². The van der Waals surface area contributed by atoms with Crippen LogP contribution in [-0.2, 0) is 5.41 Å². The Kier molecular flexibility index (Phi) is 2.74. The van der Waals surface area contributed by atoms with Gasteiger partial charge in [0.1, 0.15) is 5.82 Å². The minimum atomic E-state index is -0.479. The van der Waals surface area contributed by atoms with Crippen LogP contribution in [-0.4, -0.2) is 0 Å². The molecule has 0 atom stereocenters. The zero-order valence-electron chi connectivity index (χ0n) is 10.7. The van der Waals surface area contributed by atoms with E-state index in [0.29, 0.717) is 11.1 Å². The molecule has 0 aliphatic heterocycles. The zero-order valence-corrected chi connectivity index (χ0v) is 10.7. The van der Waals surface area contributed by atoms with Crippen LogP contribution in [0.2, 0.25) is 0 Å². The predicted octanol–water partition coefficient (Wildman–Crippen LogP) is 4.41. The lowest BCUT2D eigenvalue weighted by atomic mass is 9.83. The van der Waals surface area contributed by atoms with Gasteiger partial charge in [0.25, 0.3) is 0 Å². The highest BCUT2D eigenvalue weighted by molar-refractivity contribution is 5.99. The molecule has 0 fully saturated rings. The van der Waals surface area contributed by atoms with E-state index in [1.165, 1.54) is 6.07 Å². The average Bonchev–Trinajstić information content (AvgIpc) is 2.27. The lowest BCUT2D eigenvalue weighted by Gasteiger charge is -2.23. The number of benzene rings is 2. The maximum Gasteiger partial charge on any atom is 0.229 e. The lowest BCUT2D eigenvalue weighted by molar-refractivity contribution is 0.595. The van der Waals surface area contributed by atoms with Crippen LogP contribution in [0.5, 0.6) is 0 Å². The van der Waals surface area contributed by atoms with Gasteiger partial charge in [-0.1, -0.05) is 26.8 Å². The van der Waals surface area contributed by atoms with Crippen molar-refractivity contribution < 1.29 is 4.39 Å². The second-order valence-electron chi connectivity index (χ2n) is 5.42. The molecule has 0 unspecified atom stereocenters. The van der Waals surface area contributed by atoms with Crippen molar-refractivity contribution >= 4 is 22.1 Å².